The summed E-state index contributed by atoms with van der Waals surface area (Å²) in [6.45, 7) is 1.95. The lowest BCUT2D eigenvalue weighted by Gasteiger charge is -2.17. The van der Waals surface area contributed by atoms with Crippen molar-refractivity contribution in [2.45, 2.75) is 13.0 Å². The first-order chi connectivity index (χ1) is 13.5. The number of pyridine rings is 1. The molecule has 0 aliphatic heterocycles. The van der Waals surface area contributed by atoms with E-state index in [9.17, 15) is 4.79 Å². The summed E-state index contributed by atoms with van der Waals surface area (Å²) in [4.78, 5) is 19.6. The zero-order valence-corrected chi connectivity index (χ0v) is 16.2. The van der Waals surface area contributed by atoms with Crippen LogP contribution in [0.3, 0.4) is 0 Å². The van der Waals surface area contributed by atoms with Gasteiger partial charge in [-0.2, -0.15) is 0 Å². The number of H-pyrrole nitrogens is 1. The topological polar surface area (TPSA) is 71.9 Å². The van der Waals surface area contributed by atoms with Crippen molar-refractivity contribution in [1.82, 2.24) is 14.5 Å². The van der Waals surface area contributed by atoms with Crippen molar-refractivity contribution in [2.24, 2.45) is 0 Å². The molecule has 2 aromatic heterocycles. The molecule has 0 spiro atoms. The average Bonchev–Trinajstić information content (AvgIpc) is 3.22. The highest BCUT2D eigenvalue weighted by molar-refractivity contribution is 6.32. The Labute approximate surface area is 166 Å². The van der Waals surface area contributed by atoms with Gasteiger partial charge in [-0.1, -0.05) is 17.7 Å². The van der Waals surface area contributed by atoms with Gasteiger partial charge in [0, 0.05) is 40.8 Å². The molecule has 1 atom stereocenters. The molecule has 0 aliphatic carbocycles. The van der Waals surface area contributed by atoms with Gasteiger partial charge in [0.2, 0.25) is 0 Å². The van der Waals surface area contributed by atoms with Crippen LogP contribution < -0.4 is 15.6 Å². The van der Waals surface area contributed by atoms with Gasteiger partial charge < -0.3 is 19.6 Å². The van der Waals surface area contributed by atoms with Crippen molar-refractivity contribution in [3.05, 3.63) is 82.1 Å². The summed E-state index contributed by atoms with van der Waals surface area (Å²) in [6.07, 6.45) is 5.36. The maximum atomic E-state index is 12.6. The Morgan fingerprint density at radius 2 is 2.11 bits per heavy atom. The van der Waals surface area contributed by atoms with Gasteiger partial charge in [0.1, 0.15) is 5.75 Å². The Kier molecular flexibility index (Phi) is 4.79. The highest BCUT2D eigenvalue weighted by Crippen LogP contribution is 2.29. The molecule has 0 amide bonds. The van der Waals surface area contributed by atoms with Crippen LogP contribution in [0.15, 0.2) is 66.0 Å². The standard InChI is InChI=1S/C21H19ClN4O2/c1-13(24-15-4-3-5-16(10-15)26-7-6-23-12-26)17-8-14-9-18(22)20(28-2)11-19(14)25-21(17)27/h3-13,24H,1-2H3,(H,25,27)/t13-/m0/s1. The van der Waals surface area contributed by atoms with E-state index in [0.29, 0.717) is 21.9 Å². The van der Waals surface area contributed by atoms with Gasteiger partial charge in [-0.15, -0.1) is 0 Å². The zero-order chi connectivity index (χ0) is 19.7. The van der Waals surface area contributed by atoms with Crippen molar-refractivity contribution in [3.8, 4) is 11.4 Å². The number of benzene rings is 2. The van der Waals surface area contributed by atoms with E-state index in [2.05, 4.69) is 15.3 Å². The average molecular weight is 395 g/mol. The molecule has 0 unspecified atom stereocenters. The van der Waals surface area contributed by atoms with Crippen LogP contribution in [-0.2, 0) is 0 Å². The number of methoxy groups -OCH3 is 1. The summed E-state index contributed by atoms with van der Waals surface area (Å²) in [5.74, 6) is 0.528. The largest absolute Gasteiger partial charge is 0.495 e. The monoisotopic (exact) mass is 394 g/mol. The normalized spacial score (nSPS) is 12.1. The summed E-state index contributed by atoms with van der Waals surface area (Å²) < 4.78 is 7.14. The second-order valence-corrected chi connectivity index (χ2v) is 6.92. The van der Waals surface area contributed by atoms with Crippen molar-refractivity contribution < 1.29 is 4.74 Å². The molecule has 4 rings (SSSR count). The predicted octanol–water partition coefficient (Wildman–Crippen LogP) is 4.55. The van der Waals surface area contributed by atoms with Gasteiger partial charge in [0.05, 0.1) is 30.0 Å². The number of nitrogens with one attached hydrogen (secondary N) is 2. The number of hydrogen-bond donors (Lipinski definition) is 2. The molecule has 2 N–H and O–H groups in total. The minimum Gasteiger partial charge on any atom is -0.495 e. The van der Waals surface area contributed by atoms with E-state index in [1.807, 2.05) is 48.0 Å². The Hall–Kier alpha value is -3.25. The molecule has 2 heterocycles. The van der Waals surface area contributed by atoms with Gasteiger partial charge in [-0.3, -0.25) is 4.79 Å². The molecule has 28 heavy (non-hydrogen) atoms. The molecule has 142 valence electrons. The lowest BCUT2D eigenvalue weighted by Crippen LogP contribution is -2.19. The van der Waals surface area contributed by atoms with Crippen LogP contribution in [-0.4, -0.2) is 21.6 Å². The lowest BCUT2D eigenvalue weighted by molar-refractivity contribution is 0.415. The van der Waals surface area contributed by atoms with Crippen LogP contribution >= 0.6 is 11.6 Å². The number of anilines is 1. The summed E-state index contributed by atoms with van der Waals surface area (Å²) in [7, 11) is 1.55. The van der Waals surface area contributed by atoms with Crippen molar-refractivity contribution >= 4 is 28.2 Å². The lowest BCUT2D eigenvalue weighted by atomic mass is 10.1. The first-order valence-electron chi connectivity index (χ1n) is 8.80. The van der Waals surface area contributed by atoms with E-state index in [1.165, 1.54) is 0 Å². The van der Waals surface area contributed by atoms with E-state index < -0.39 is 0 Å². The minimum absolute atomic E-state index is 0.150. The van der Waals surface area contributed by atoms with Crippen LogP contribution in [0, 0.1) is 0 Å². The Balaban J connectivity index is 1.65. The van der Waals surface area contributed by atoms with Gasteiger partial charge >= 0.3 is 0 Å². The molecule has 4 aromatic rings. The number of aromatic amines is 1. The minimum atomic E-state index is -0.202. The number of rotatable bonds is 5. The number of ether oxygens (including phenoxy) is 1. The smallest absolute Gasteiger partial charge is 0.253 e. The van der Waals surface area contributed by atoms with Gasteiger partial charge in [-0.05, 0) is 37.3 Å². The summed E-state index contributed by atoms with van der Waals surface area (Å²) >= 11 is 6.23. The first-order valence-corrected chi connectivity index (χ1v) is 9.18. The number of nitrogens with zero attached hydrogens (tertiary/aromatic N) is 2. The third kappa shape index (κ3) is 3.46. The fraction of sp³-hybridized carbons (Fsp3) is 0.143. The second-order valence-electron chi connectivity index (χ2n) is 6.51. The summed E-state index contributed by atoms with van der Waals surface area (Å²) in [5, 5.41) is 4.74. The van der Waals surface area contributed by atoms with Crippen molar-refractivity contribution in [3.63, 3.8) is 0 Å². The highest BCUT2D eigenvalue weighted by Gasteiger charge is 2.13. The summed E-state index contributed by atoms with van der Waals surface area (Å²) in [5.41, 5.74) is 3.06. The molecule has 0 radical (unpaired) electrons. The molecule has 0 bridgehead atoms. The van der Waals surface area contributed by atoms with Crippen LogP contribution in [0.1, 0.15) is 18.5 Å². The number of imidazole rings is 1. The van der Waals surface area contributed by atoms with Gasteiger partial charge in [-0.25, -0.2) is 4.98 Å². The molecule has 7 heteroatoms. The molecule has 0 fully saturated rings. The third-order valence-electron chi connectivity index (χ3n) is 4.64. The first kappa shape index (κ1) is 18.1. The fourth-order valence-electron chi connectivity index (χ4n) is 3.20. The Bertz CT molecular complexity index is 1180. The van der Waals surface area contributed by atoms with E-state index in [1.54, 1.807) is 31.8 Å². The van der Waals surface area contributed by atoms with Crippen LogP contribution in [0.4, 0.5) is 5.69 Å². The quantitative estimate of drug-likeness (QED) is 0.521. The van der Waals surface area contributed by atoms with E-state index in [-0.39, 0.29) is 11.6 Å². The molecule has 0 aliphatic rings. The zero-order valence-electron chi connectivity index (χ0n) is 15.4. The maximum absolute atomic E-state index is 12.6. The summed E-state index contributed by atoms with van der Waals surface area (Å²) in [6, 6.07) is 13.1. The van der Waals surface area contributed by atoms with Crippen LogP contribution in [0.2, 0.25) is 5.02 Å². The number of hydrogen-bond acceptors (Lipinski definition) is 4. The fourth-order valence-corrected chi connectivity index (χ4v) is 3.45. The SMILES string of the molecule is COc1cc2[nH]c(=O)c([C@H](C)Nc3cccc(-n4ccnc4)c3)cc2cc1Cl. The van der Waals surface area contributed by atoms with Gasteiger partial charge in [0.15, 0.2) is 0 Å². The third-order valence-corrected chi connectivity index (χ3v) is 4.94. The van der Waals surface area contributed by atoms with Gasteiger partial charge in [0.25, 0.3) is 5.56 Å². The van der Waals surface area contributed by atoms with Crippen molar-refractivity contribution in [2.75, 3.05) is 12.4 Å². The van der Waals surface area contributed by atoms with E-state index in [0.717, 1.165) is 16.8 Å². The number of fused-ring (bicyclic) bond motifs is 1. The van der Waals surface area contributed by atoms with Crippen molar-refractivity contribution in [1.29, 1.82) is 0 Å². The number of halogens is 1. The van der Waals surface area contributed by atoms with Crippen LogP contribution in [0.5, 0.6) is 5.75 Å². The van der Waals surface area contributed by atoms with Crippen LogP contribution in [0.25, 0.3) is 16.6 Å². The predicted molar refractivity (Wildman–Crippen MR) is 112 cm³/mol. The number of aromatic nitrogens is 3. The molecule has 0 saturated carbocycles. The molecule has 0 saturated heterocycles. The maximum Gasteiger partial charge on any atom is 0.253 e. The second kappa shape index (κ2) is 7.40. The highest BCUT2D eigenvalue weighted by atomic mass is 35.5. The Morgan fingerprint density at radius 3 is 2.86 bits per heavy atom. The molecular weight excluding hydrogens is 376 g/mol. The van der Waals surface area contributed by atoms with E-state index >= 15 is 0 Å². The molecule has 6 nitrogen and oxygen atoms in total. The van der Waals surface area contributed by atoms with E-state index in [4.69, 9.17) is 16.3 Å². The molecular formula is C21H19ClN4O2. The molecule has 2 aromatic carbocycles. The Morgan fingerprint density at radius 1 is 1.25 bits per heavy atom.